The van der Waals surface area contributed by atoms with Crippen LogP contribution in [0.1, 0.15) is 12.6 Å². The molecular weight excluding hydrogens is 432 g/mol. The van der Waals surface area contributed by atoms with Gasteiger partial charge in [-0.3, -0.25) is 9.52 Å². The quantitative estimate of drug-likeness (QED) is 0.605. The molecule has 3 aromatic rings. The first-order valence-corrected chi connectivity index (χ1v) is 10.6. The van der Waals surface area contributed by atoms with Crippen molar-refractivity contribution >= 4 is 31.6 Å². The van der Waals surface area contributed by atoms with Crippen LogP contribution in [0.4, 0.5) is 5.69 Å². The van der Waals surface area contributed by atoms with Gasteiger partial charge in [-0.2, -0.15) is 9.78 Å². The lowest BCUT2D eigenvalue weighted by Crippen LogP contribution is -2.22. The fourth-order valence-electron chi connectivity index (χ4n) is 2.51. The summed E-state index contributed by atoms with van der Waals surface area (Å²) in [6.07, 6.45) is 1.55. The second kappa shape index (κ2) is 7.61. The molecule has 1 aromatic carbocycles. The van der Waals surface area contributed by atoms with Gasteiger partial charge in [0.1, 0.15) is 4.60 Å². The summed E-state index contributed by atoms with van der Waals surface area (Å²) in [6, 6.07) is 11.8. The topological polar surface area (TPSA) is 94.0 Å². The van der Waals surface area contributed by atoms with E-state index in [0.717, 1.165) is 0 Å². The maximum absolute atomic E-state index is 12.6. The van der Waals surface area contributed by atoms with Crippen molar-refractivity contribution in [3.8, 4) is 16.8 Å². The van der Waals surface area contributed by atoms with Crippen molar-refractivity contribution < 1.29 is 8.42 Å². The lowest BCUT2D eigenvalue weighted by molar-refractivity contribution is 0.602. The molecule has 27 heavy (non-hydrogen) atoms. The van der Waals surface area contributed by atoms with E-state index in [1.807, 2.05) is 0 Å². The van der Waals surface area contributed by atoms with Gasteiger partial charge in [-0.15, -0.1) is 0 Å². The zero-order valence-electron chi connectivity index (χ0n) is 14.7. The Balaban J connectivity index is 2.02. The molecule has 0 saturated heterocycles. The maximum Gasteiger partial charge on any atom is 0.272 e. The van der Waals surface area contributed by atoms with Gasteiger partial charge in [-0.1, -0.05) is 12.1 Å². The molecule has 0 spiro atoms. The molecule has 0 radical (unpaired) electrons. The number of hydrogen-bond acceptors (Lipinski definition) is 5. The zero-order valence-corrected chi connectivity index (χ0v) is 17.1. The fraction of sp³-hybridized carbons (Fsp3) is 0.167. The van der Waals surface area contributed by atoms with Gasteiger partial charge < -0.3 is 0 Å². The van der Waals surface area contributed by atoms with Crippen LogP contribution in [0, 0.1) is 6.92 Å². The molecule has 0 aliphatic carbocycles. The molecule has 0 bridgehead atoms. The minimum atomic E-state index is -3.38. The van der Waals surface area contributed by atoms with Crippen molar-refractivity contribution in [2.75, 3.05) is 10.5 Å². The third-order valence-electron chi connectivity index (χ3n) is 3.90. The normalized spacial score (nSPS) is 11.4. The zero-order chi connectivity index (χ0) is 19.6. The molecule has 9 heteroatoms. The van der Waals surface area contributed by atoms with Crippen molar-refractivity contribution in [3.63, 3.8) is 0 Å². The van der Waals surface area contributed by atoms with E-state index in [1.165, 1.54) is 10.7 Å². The third kappa shape index (κ3) is 4.42. The molecule has 0 amide bonds. The molecule has 0 aliphatic heterocycles. The van der Waals surface area contributed by atoms with E-state index >= 15 is 0 Å². The first kappa shape index (κ1) is 19.2. The number of benzene rings is 1. The highest BCUT2D eigenvalue weighted by molar-refractivity contribution is 9.10. The Morgan fingerprint density at radius 3 is 2.63 bits per heavy atom. The SMILES string of the molecule is CCS(=O)(=O)Nc1cccc(-c2cc(=O)n(-c3ccc(Br)nc3)nc2C)c1. The van der Waals surface area contributed by atoms with Crippen LogP contribution in [0.15, 0.2) is 58.1 Å². The Morgan fingerprint density at radius 1 is 1.19 bits per heavy atom. The summed E-state index contributed by atoms with van der Waals surface area (Å²) >= 11 is 3.26. The van der Waals surface area contributed by atoms with E-state index in [4.69, 9.17) is 0 Å². The number of nitrogens with one attached hydrogen (secondary N) is 1. The average molecular weight is 449 g/mol. The van der Waals surface area contributed by atoms with Crippen LogP contribution in [-0.4, -0.2) is 28.9 Å². The monoisotopic (exact) mass is 448 g/mol. The molecule has 2 aromatic heterocycles. The number of aryl methyl sites for hydroxylation is 1. The highest BCUT2D eigenvalue weighted by Crippen LogP contribution is 2.24. The molecule has 0 unspecified atom stereocenters. The minimum Gasteiger partial charge on any atom is -0.284 e. The predicted octanol–water partition coefficient (Wildman–Crippen LogP) is 3.13. The summed E-state index contributed by atoms with van der Waals surface area (Å²) < 4.78 is 28.0. The highest BCUT2D eigenvalue weighted by Gasteiger charge is 2.12. The second-order valence-electron chi connectivity index (χ2n) is 5.82. The van der Waals surface area contributed by atoms with Gasteiger partial charge in [0.05, 0.1) is 23.3 Å². The van der Waals surface area contributed by atoms with Crippen LogP contribution in [0.25, 0.3) is 16.8 Å². The van der Waals surface area contributed by atoms with Gasteiger partial charge in [-0.25, -0.2) is 13.4 Å². The number of hydrogen-bond donors (Lipinski definition) is 1. The predicted molar refractivity (Wildman–Crippen MR) is 109 cm³/mol. The lowest BCUT2D eigenvalue weighted by Gasteiger charge is -2.11. The molecule has 7 nitrogen and oxygen atoms in total. The fourth-order valence-corrected chi connectivity index (χ4v) is 3.38. The first-order valence-electron chi connectivity index (χ1n) is 8.13. The van der Waals surface area contributed by atoms with Crippen LogP contribution >= 0.6 is 15.9 Å². The van der Waals surface area contributed by atoms with Gasteiger partial charge >= 0.3 is 0 Å². The third-order valence-corrected chi connectivity index (χ3v) is 5.68. The number of aromatic nitrogens is 3. The van der Waals surface area contributed by atoms with Crippen LogP contribution in [0.2, 0.25) is 0 Å². The van der Waals surface area contributed by atoms with Crippen molar-refractivity contribution in [2.45, 2.75) is 13.8 Å². The van der Waals surface area contributed by atoms with Crippen LogP contribution in [0.3, 0.4) is 0 Å². The molecule has 0 fully saturated rings. The standard InChI is InChI=1S/C18H17BrN4O3S/c1-3-27(25,26)22-14-6-4-5-13(9-14)16-10-18(24)23(21-12(16)2)15-7-8-17(19)20-11-15/h4-11,22H,3H2,1-2H3. The van der Waals surface area contributed by atoms with Gasteiger partial charge in [0.2, 0.25) is 10.0 Å². The minimum absolute atomic E-state index is 0.0188. The van der Waals surface area contributed by atoms with Crippen LogP contribution < -0.4 is 10.3 Å². The largest absolute Gasteiger partial charge is 0.284 e. The Morgan fingerprint density at radius 2 is 1.96 bits per heavy atom. The van der Waals surface area contributed by atoms with Crippen molar-refractivity contribution in [1.82, 2.24) is 14.8 Å². The number of sulfonamides is 1. The molecule has 0 saturated carbocycles. The number of anilines is 1. The van der Waals surface area contributed by atoms with Gasteiger partial charge in [0.25, 0.3) is 5.56 Å². The summed E-state index contributed by atoms with van der Waals surface area (Å²) in [4.78, 5) is 16.7. The highest BCUT2D eigenvalue weighted by atomic mass is 79.9. The first-order chi connectivity index (χ1) is 12.8. The molecule has 140 valence electrons. The lowest BCUT2D eigenvalue weighted by atomic mass is 10.0. The van der Waals surface area contributed by atoms with Gasteiger partial charge in [-0.05, 0) is 59.6 Å². The number of rotatable bonds is 5. The molecule has 3 rings (SSSR count). The summed E-state index contributed by atoms with van der Waals surface area (Å²) in [6.45, 7) is 3.36. The summed E-state index contributed by atoms with van der Waals surface area (Å²) in [5.74, 6) is -0.0188. The summed E-state index contributed by atoms with van der Waals surface area (Å²) in [5.41, 5.74) is 2.66. The smallest absolute Gasteiger partial charge is 0.272 e. The number of pyridine rings is 1. The van der Waals surface area contributed by atoms with Gasteiger partial charge in [0, 0.05) is 17.3 Å². The van der Waals surface area contributed by atoms with Gasteiger partial charge in [0.15, 0.2) is 0 Å². The Bertz CT molecular complexity index is 1140. The van der Waals surface area contributed by atoms with E-state index in [0.29, 0.717) is 32.8 Å². The van der Waals surface area contributed by atoms with E-state index in [1.54, 1.807) is 56.4 Å². The molecule has 0 aliphatic rings. The van der Waals surface area contributed by atoms with E-state index in [2.05, 4.69) is 30.7 Å². The average Bonchev–Trinajstić information content (AvgIpc) is 2.64. The second-order valence-corrected chi connectivity index (χ2v) is 8.64. The molecule has 1 N–H and O–H groups in total. The number of halogens is 1. The van der Waals surface area contributed by atoms with Crippen LogP contribution in [-0.2, 0) is 10.0 Å². The summed E-state index contributed by atoms with van der Waals surface area (Å²) in [5, 5.41) is 4.38. The Labute approximate surface area is 165 Å². The van der Waals surface area contributed by atoms with Crippen molar-refractivity contribution in [3.05, 3.63) is 69.3 Å². The van der Waals surface area contributed by atoms with E-state index < -0.39 is 10.0 Å². The number of nitrogens with zero attached hydrogens (tertiary/aromatic N) is 3. The Kier molecular flexibility index (Phi) is 5.43. The van der Waals surface area contributed by atoms with Crippen LogP contribution in [0.5, 0.6) is 0 Å². The maximum atomic E-state index is 12.6. The van der Waals surface area contributed by atoms with Crippen molar-refractivity contribution in [1.29, 1.82) is 0 Å². The molecule has 2 heterocycles. The van der Waals surface area contributed by atoms with E-state index in [-0.39, 0.29) is 11.3 Å². The van der Waals surface area contributed by atoms with E-state index in [9.17, 15) is 13.2 Å². The van der Waals surface area contributed by atoms with Crippen molar-refractivity contribution in [2.24, 2.45) is 0 Å². The molecule has 0 atom stereocenters. The summed E-state index contributed by atoms with van der Waals surface area (Å²) in [7, 11) is -3.38. The molecular formula is C18H17BrN4O3S. The Hall–Kier alpha value is -2.52.